The maximum absolute atomic E-state index is 11.7. The van der Waals surface area contributed by atoms with Crippen molar-refractivity contribution < 1.29 is 14.7 Å². The summed E-state index contributed by atoms with van der Waals surface area (Å²) in [4.78, 5) is 27.4. The Hall–Kier alpha value is -3.21. The molecule has 0 unspecified atom stereocenters. The van der Waals surface area contributed by atoms with Gasteiger partial charge in [0.2, 0.25) is 5.91 Å². The molecule has 3 N–H and O–H groups in total. The molecule has 0 spiro atoms. The third-order valence-corrected chi connectivity index (χ3v) is 5.23. The van der Waals surface area contributed by atoms with Crippen molar-refractivity contribution in [2.75, 3.05) is 0 Å². The first-order valence-electron chi connectivity index (χ1n) is 8.45. The molecule has 0 radical (unpaired) electrons. The lowest BCUT2D eigenvalue weighted by Gasteiger charge is -2.12. The molecule has 0 saturated heterocycles. The predicted molar refractivity (Wildman–Crippen MR) is 99.0 cm³/mol. The Kier molecular flexibility index (Phi) is 3.54. The summed E-state index contributed by atoms with van der Waals surface area (Å²) in [5.41, 5.74) is 8.75. The van der Waals surface area contributed by atoms with E-state index in [1.165, 1.54) is 0 Å². The summed E-state index contributed by atoms with van der Waals surface area (Å²) in [6, 6.07) is 13.0. The molecule has 1 heterocycles. The van der Waals surface area contributed by atoms with Crippen molar-refractivity contribution in [3.63, 3.8) is 0 Å². The second-order valence-corrected chi connectivity index (χ2v) is 6.91. The molecule has 0 bridgehead atoms. The predicted octanol–water partition coefficient (Wildman–Crippen LogP) is 3.43. The molecule has 130 valence electrons. The monoisotopic (exact) mass is 346 g/mol. The lowest BCUT2D eigenvalue weighted by molar-refractivity contribution is -0.120. The van der Waals surface area contributed by atoms with Gasteiger partial charge in [-0.3, -0.25) is 9.78 Å². The van der Waals surface area contributed by atoms with Crippen LogP contribution >= 0.6 is 0 Å². The van der Waals surface area contributed by atoms with Gasteiger partial charge in [0.1, 0.15) is 0 Å². The summed E-state index contributed by atoms with van der Waals surface area (Å²) < 4.78 is 0. The smallest absolute Gasteiger partial charge is 0.335 e. The minimum absolute atomic E-state index is 0.260. The van der Waals surface area contributed by atoms with E-state index in [-0.39, 0.29) is 11.5 Å². The molecule has 2 aromatic carbocycles. The van der Waals surface area contributed by atoms with Gasteiger partial charge in [0.25, 0.3) is 0 Å². The third kappa shape index (κ3) is 2.52. The number of rotatable bonds is 4. The maximum Gasteiger partial charge on any atom is 0.335 e. The number of aromatic nitrogens is 1. The number of carboxylic acid groups (broad SMARTS) is 1. The number of aromatic carboxylic acids is 1. The number of primary amides is 1. The van der Waals surface area contributed by atoms with Crippen LogP contribution in [0.25, 0.3) is 21.9 Å². The van der Waals surface area contributed by atoms with Crippen LogP contribution in [0.3, 0.4) is 0 Å². The Morgan fingerprint density at radius 3 is 2.50 bits per heavy atom. The fourth-order valence-electron chi connectivity index (χ4n) is 3.39. The highest BCUT2D eigenvalue weighted by Crippen LogP contribution is 2.47. The molecule has 1 aromatic heterocycles. The zero-order chi connectivity index (χ0) is 18.5. The molecule has 3 aromatic rings. The summed E-state index contributed by atoms with van der Waals surface area (Å²) >= 11 is 0. The lowest BCUT2D eigenvalue weighted by atomic mass is 9.95. The third-order valence-electron chi connectivity index (χ3n) is 5.23. The van der Waals surface area contributed by atoms with Crippen LogP contribution < -0.4 is 5.73 Å². The number of carbonyl (C=O) groups is 2. The molecule has 1 amide bonds. The van der Waals surface area contributed by atoms with E-state index >= 15 is 0 Å². The van der Waals surface area contributed by atoms with Gasteiger partial charge in [-0.2, -0.15) is 0 Å². The zero-order valence-electron chi connectivity index (χ0n) is 14.3. The van der Waals surface area contributed by atoms with Gasteiger partial charge in [-0.15, -0.1) is 0 Å². The zero-order valence-corrected chi connectivity index (χ0v) is 14.3. The average molecular weight is 346 g/mol. The normalized spacial score (nSPS) is 15.0. The number of nitrogens with zero attached hydrogens (tertiary/aromatic N) is 1. The lowest BCUT2D eigenvalue weighted by Crippen LogP contribution is -2.29. The molecule has 1 saturated carbocycles. The first-order valence-corrected chi connectivity index (χ1v) is 8.45. The summed E-state index contributed by atoms with van der Waals surface area (Å²) in [6.45, 7) is 1.95. The number of carboxylic acids is 1. The van der Waals surface area contributed by atoms with Crippen LogP contribution in [0.4, 0.5) is 0 Å². The molecule has 5 heteroatoms. The van der Waals surface area contributed by atoms with Crippen molar-refractivity contribution >= 4 is 22.6 Å². The molecule has 1 fully saturated rings. The van der Waals surface area contributed by atoms with Crippen LogP contribution in [0.1, 0.15) is 34.5 Å². The first-order chi connectivity index (χ1) is 12.4. The number of pyridine rings is 1. The summed E-state index contributed by atoms with van der Waals surface area (Å²) in [5.74, 6) is -1.26. The van der Waals surface area contributed by atoms with Gasteiger partial charge in [-0.05, 0) is 66.1 Å². The van der Waals surface area contributed by atoms with Gasteiger partial charge in [0, 0.05) is 11.6 Å². The Morgan fingerprint density at radius 1 is 1.08 bits per heavy atom. The Bertz CT molecular complexity index is 1070. The standard InChI is InChI=1S/C21H18N2O3/c1-12-2-3-15(19(24)25)9-17(12)14-5-4-13-10-18(23-11-16(13)8-14)21(6-7-21)20(22)26/h2-5,8-11H,6-7H2,1H3,(H2,22,26)(H,24,25). The van der Waals surface area contributed by atoms with Gasteiger partial charge in [-0.25, -0.2) is 4.79 Å². The van der Waals surface area contributed by atoms with Crippen LogP contribution in [-0.4, -0.2) is 22.0 Å². The van der Waals surface area contributed by atoms with Gasteiger partial charge in [0.15, 0.2) is 0 Å². The number of nitrogens with two attached hydrogens (primary N) is 1. The van der Waals surface area contributed by atoms with E-state index in [9.17, 15) is 14.7 Å². The molecule has 0 aliphatic heterocycles. The molecular formula is C21H18N2O3. The van der Waals surface area contributed by atoms with E-state index in [1.807, 2.05) is 37.3 Å². The van der Waals surface area contributed by atoms with E-state index in [2.05, 4.69) is 4.98 Å². The summed E-state index contributed by atoms with van der Waals surface area (Å²) in [7, 11) is 0. The number of benzene rings is 2. The molecule has 1 aliphatic rings. The fourth-order valence-corrected chi connectivity index (χ4v) is 3.39. The molecule has 1 aliphatic carbocycles. The fraction of sp³-hybridized carbons (Fsp3) is 0.190. The highest BCUT2D eigenvalue weighted by molar-refractivity contribution is 5.93. The van der Waals surface area contributed by atoms with Gasteiger partial charge in [0.05, 0.1) is 16.7 Å². The van der Waals surface area contributed by atoms with Crippen molar-refractivity contribution in [2.24, 2.45) is 5.73 Å². The summed E-state index contributed by atoms with van der Waals surface area (Å²) in [6.07, 6.45) is 3.26. The molecular weight excluding hydrogens is 328 g/mol. The van der Waals surface area contributed by atoms with E-state index in [0.717, 1.165) is 46.0 Å². The first kappa shape index (κ1) is 16.3. The molecule has 5 nitrogen and oxygen atoms in total. The van der Waals surface area contributed by atoms with Gasteiger partial charge in [-0.1, -0.05) is 18.2 Å². The topological polar surface area (TPSA) is 93.3 Å². The quantitative estimate of drug-likeness (QED) is 0.757. The minimum Gasteiger partial charge on any atom is -0.478 e. The second kappa shape index (κ2) is 5.66. The van der Waals surface area contributed by atoms with Crippen molar-refractivity contribution in [1.29, 1.82) is 0 Å². The van der Waals surface area contributed by atoms with E-state index in [4.69, 9.17) is 5.73 Å². The van der Waals surface area contributed by atoms with Gasteiger partial charge < -0.3 is 10.8 Å². The maximum atomic E-state index is 11.7. The van der Waals surface area contributed by atoms with E-state index < -0.39 is 11.4 Å². The van der Waals surface area contributed by atoms with Gasteiger partial charge >= 0.3 is 5.97 Å². The van der Waals surface area contributed by atoms with Crippen LogP contribution in [0.5, 0.6) is 0 Å². The van der Waals surface area contributed by atoms with Crippen LogP contribution in [0.2, 0.25) is 0 Å². The average Bonchev–Trinajstić information content (AvgIpc) is 3.43. The van der Waals surface area contributed by atoms with Crippen LogP contribution in [-0.2, 0) is 10.2 Å². The highest BCUT2D eigenvalue weighted by atomic mass is 16.4. The van der Waals surface area contributed by atoms with Crippen molar-refractivity contribution in [3.8, 4) is 11.1 Å². The van der Waals surface area contributed by atoms with Crippen LogP contribution in [0.15, 0.2) is 48.7 Å². The molecule has 4 rings (SSSR count). The second-order valence-electron chi connectivity index (χ2n) is 6.91. The summed E-state index contributed by atoms with van der Waals surface area (Å²) in [5, 5.41) is 11.1. The number of hydrogen-bond acceptors (Lipinski definition) is 3. The molecule has 0 atom stereocenters. The van der Waals surface area contributed by atoms with Crippen molar-refractivity contribution in [2.45, 2.75) is 25.2 Å². The Morgan fingerprint density at radius 2 is 1.85 bits per heavy atom. The van der Waals surface area contributed by atoms with Crippen LogP contribution in [0, 0.1) is 6.92 Å². The number of hydrogen-bond donors (Lipinski definition) is 2. The molecule has 26 heavy (non-hydrogen) atoms. The van der Waals surface area contributed by atoms with E-state index in [0.29, 0.717) is 0 Å². The minimum atomic E-state index is -0.945. The number of aryl methyl sites for hydroxylation is 1. The van der Waals surface area contributed by atoms with Crippen molar-refractivity contribution in [3.05, 3.63) is 65.5 Å². The van der Waals surface area contributed by atoms with E-state index in [1.54, 1.807) is 18.3 Å². The SMILES string of the molecule is Cc1ccc(C(=O)O)cc1-c1ccc2cc(C3(C(N)=O)CC3)ncc2c1. The Balaban J connectivity index is 1.79. The highest BCUT2D eigenvalue weighted by Gasteiger charge is 2.51. The Labute approximate surface area is 150 Å². The largest absolute Gasteiger partial charge is 0.478 e. The number of amides is 1. The number of fused-ring (bicyclic) bond motifs is 1. The number of carbonyl (C=O) groups excluding carboxylic acids is 1. The van der Waals surface area contributed by atoms with Crippen molar-refractivity contribution in [1.82, 2.24) is 4.98 Å².